The molecule has 3 aromatic rings. The van der Waals surface area contributed by atoms with Gasteiger partial charge >= 0.3 is 0 Å². The fraction of sp³-hybridized carbons (Fsp3) is 0.409. The van der Waals surface area contributed by atoms with Gasteiger partial charge in [0.1, 0.15) is 6.33 Å². The summed E-state index contributed by atoms with van der Waals surface area (Å²) in [5, 5.41) is 12.0. The van der Waals surface area contributed by atoms with Crippen molar-refractivity contribution in [3.63, 3.8) is 0 Å². The molecule has 9 heteroatoms. The minimum atomic E-state index is -0.0649. The van der Waals surface area contributed by atoms with Crippen molar-refractivity contribution in [2.75, 3.05) is 13.1 Å². The van der Waals surface area contributed by atoms with Crippen LogP contribution < -0.4 is 5.56 Å². The number of benzene rings is 1. The van der Waals surface area contributed by atoms with Gasteiger partial charge in [-0.05, 0) is 46.5 Å². The van der Waals surface area contributed by atoms with Crippen LogP contribution in [-0.2, 0) is 17.9 Å². The Morgan fingerprint density at radius 2 is 1.97 bits per heavy atom. The van der Waals surface area contributed by atoms with Crippen LogP contribution in [0.25, 0.3) is 0 Å². The fourth-order valence-corrected chi connectivity index (χ4v) is 5.08. The van der Waals surface area contributed by atoms with E-state index >= 15 is 0 Å². The summed E-state index contributed by atoms with van der Waals surface area (Å²) in [5.41, 5.74) is 2.13. The molecule has 31 heavy (non-hydrogen) atoms. The molecule has 1 fully saturated rings. The highest BCUT2D eigenvalue weighted by atomic mass is 35.5. The highest BCUT2D eigenvalue weighted by molar-refractivity contribution is 6.30. The van der Waals surface area contributed by atoms with Crippen LogP contribution in [0, 0.1) is 5.92 Å². The van der Waals surface area contributed by atoms with Gasteiger partial charge < -0.3 is 9.47 Å². The van der Waals surface area contributed by atoms with Crippen LogP contribution in [-0.4, -0.2) is 48.7 Å². The van der Waals surface area contributed by atoms with E-state index in [0.29, 0.717) is 43.5 Å². The van der Waals surface area contributed by atoms with Crippen molar-refractivity contribution in [3.8, 4) is 0 Å². The Bertz CT molecular complexity index is 1130. The number of likely N-dealkylation sites (tertiary alicyclic amines) is 1. The van der Waals surface area contributed by atoms with Gasteiger partial charge in [-0.3, -0.25) is 9.59 Å². The van der Waals surface area contributed by atoms with Crippen molar-refractivity contribution in [2.45, 2.75) is 37.8 Å². The van der Waals surface area contributed by atoms with E-state index in [-0.39, 0.29) is 23.3 Å². The second-order valence-electron chi connectivity index (χ2n) is 8.48. The normalized spacial score (nSPS) is 20.9. The summed E-state index contributed by atoms with van der Waals surface area (Å²) >= 11 is 6.06. The van der Waals surface area contributed by atoms with Crippen molar-refractivity contribution >= 4 is 17.5 Å². The van der Waals surface area contributed by atoms with Gasteiger partial charge in [0.15, 0.2) is 0 Å². The SMILES string of the molecule is O=C(C[C@H](Cn1cnnn1)c1ccc(Cl)cc1)N1C[C@H]2C[C@@H](C1)c1cccc(=O)n1C2. The molecule has 160 valence electrons. The molecule has 3 atom stereocenters. The molecule has 2 aromatic heterocycles. The molecule has 0 N–H and O–H groups in total. The number of hydrogen-bond acceptors (Lipinski definition) is 5. The van der Waals surface area contributed by atoms with Crippen LogP contribution in [0.15, 0.2) is 53.6 Å². The van der Waals surface area contributed by atoms with Crippen LogP contribution in [0.4, 0.5) is 0 Å². The number of carbonyl (C=O) groups excluding carboxylic acids is 1. The maximum Gasteiger partial charge on any atom is 0.250 e. The number of aromatic nitrogens is 5. The quantitative estimate of drug-likeness (QED) is 0.610. The van der Waals surface area contributed by atoms with Gasteiger partial charge in [0, 0.05) is 54.7 Å². The molecule has 0 unspecified atom stereocenters. The van der Waals surface area contributed by atoms with E-state index in [9.17, 15) is 9.59 Å². The molecule has 0 radical (unpaired) electrons. The molecule has 1 aromatic carbocycles. The van der Waals surface area contributed by atoms with Gasteiger partial charge in [-0.2, -0.15) is 0 Å². The van der Waals surface area contributed by atoms with E-state index in [1.807, 2.05) is 45.9 Å². The lowest BCUT2D eigenvalue weighted by Gasteiger charge is -2.43. The number of fused-ring (bicyclic) bond motifs is 4. The van der Waals surface area contributed by atoms with E-state index in [0.717, 1.165) is 17.7 Å². The molecule has 2 aliphatic heterocycles. The highest BCUT2D eigenvalue weighted by Gasteiger charge is 2.36. The van der Waals surface area contributed by atoms with E-state index in [4.69, 9.17) is 11.6 Å². The molecular weight excluding hydrogens is 416 g/mol. The molecular formula is C22H23ClN6O2. The maximum absolute atomic E-state index is 13.4. The second kappa shape index (κ2) is 8.26. The van der Waals surface area contributed by atoms with Crippen LogP contribution in [0.2, 0.25) is 5.02 Å². The third-order valence-electron chi connectivity index (χ3n) is 6.39. The smallest absolute Gasteiger partial charge is 0.250 e. The average molecular weight is 439 g/mol. The molecule has 2 bridgehead atoms. The molecule has 2 aliphatic rings. The summed E-state index contributed by atoms with van der Waals surface area (Å²) in [6.07, 6.45) is 2.95. The van der Waals surface area contributed by atoms with Crippen molar-refractivity contribution in [2.24, 2.45) is 5.92 Å². The van der Waals surface area contributed by atoms with E-state index in [1.54, 1.807) is 17.1 Å². The van der Waals surface area contributed by atoms with Gasteiger partial charge in [-0.15, -0.1) is 5.10 Å². The highest BCUT2D eigenvalue weighted by Crippen LogP contribution is 2.36. The lowest BCUT2D eigenvalue weighted by Crippen LogP contribution is -2.49. The zero-order valence-corrected chi connectivity index (χ0v) is 17.7. The lowest BCUT2D eigenvalue weighted by atomic mass is 9.82. The van der Waals surface area contributed by atoms with Gasteiger partial charge in [-0.1, -0.05) is 29.8 Å². The minimum Gasteiger partial charge on any atom is -0.342 e. The Balaban J connectivity index is 1.35. The van der Waals surface area contributed by atoms with Gasteiger partial charge in [0.25, 0.3) is 5.56 Å². The largest absolute Gasteiger partial charge is 0.342 e. The minimum absolute atomic E-state index is 0.0521. The first-order valence-electron chi connectivity index (χ1n) is 10.5. The standard InChI is InChI=1S/C22H23ClN6O2/c23-19-6-4-16(5-7-19)17(13-28-14-24-25-26-28)9-22(31)27-10-15-8-18(12-27)20-2-1-3-21(30)29(20)11-15/h1-7,14-15,17-18H,8-13H2/t15-,17-,18+/m1/s1. The Morgan fingerprint density at radius 1 is 1.13 bits per heavy atom. The number of piperidine rings is 1. The van der Waals surface area contributed by atoms with Crippen LogP contribution in [0.5, 0.6) is 0 Å². The van der Waals surface area contributed by atoms with Crippen LogP contribution in [0.3, 0.4) is 0 Å². The summed E-state index contributed by atoms with van der Waals surface area (Å²) in [6.45, 7) is 2.53. The number of nitrogens with zero attached hydrogens (tertiary/aromatic N) is 6. The Kier molecular flexibility index (Phi) is 5.31. The van der Waals surface area contributed by atoms with Gasteiger partial charge in [-0.25, -0.2) is 4.68 Å². The topological polar surface area (TPSA) is 85.9 Å². The maximum atomic E-state index is 13.4. The number of halogens is 1. The van der Waals surface area contributed by atoms with Crippen molar-refractivity contribution in [1.82, 2.24) is 29.7 Å². The number of tetrazole rings is 1. The molecule has 1 amide bonds. The first-order valence-corrected chi connectivity index (χ1v) is 10.9. The van der Waals surface area contributed by atoms with Crippen molar-refractivity contribution in [3.05, 3.63) is 75.4 Å². The zero-order valence-electron chi connectivity index (χ0n) is 17.0. The van der Waals surface area contributed by atoms with Crippen LogP contribution in [0.1, 0.15) is 35.9 Å². The predicted octanol–water partition coefficient (Wildman–Crippen LogP) is 2.31. The second-order valence-corrected chi connectivity index (χ2v) is 8.92. The molecule has 8 nitrogen and oxygen atoms in total. The number of pyridine rings is 1. The van der Waals surface area contributed by atoms with Crippen LogP contribution >= 0.6 is 11.6 Å². The Hall–Kier alpha value is -3.00. The number of hydrogen-bond donors (Lipinski definition) is 0. The average Bonchev–Trinajstić information content (AvgIpc) is 3.28. The molecule has 5 rings (SSSR count). The van der Waals surface area contributed by atoms with E-state index < -0.39 is 0 Å². The lowest BCUT2D eigenvalue weighted by molar-refractivity contribution is -0.134. The molecule has 0 aliphatic carbocycles. The molecule has 1 saturated heterocycles. The third-order valence-corrected chi connectivity index (χ3v) is 6.65. The summed E-state index contributed by atoms with van der Waals surface area (Å²) in [7, 11) is 0. The number of rotatable bonds is 5. The third kappa shape index (κ3) is 4.12. The summed E-state index contributed by atoms with van der Waals surface area (Å²) in [4.78, 5) is 27.6. The van der Waals surface area contributed by atoms with Crippen molar-refractivity contribution < 1.29 is 4.79 Å². The fourth-order valence-electron chi connectivity index (χ4n) is 4.95. The summed E-state index contributed by atoms with van der Waals surface area (Å²) in [6, 6.07) is 13.0. The Morgan fingerprint density at radius 3 is 2.74 bits per heavy atom. The first-order chi connectivity index (χ1) is 15.1. The number of carbonyl (C=O) groups is 1. The summed E-state index contributed by atoms with van der Waals surface area (Å²) in [5.74, 6) is 0.571. The summed E-state index contributed by atoms with van der Waals surface area (Å²) < 4.78 is 3.54. The monoisotopic (exact) mass is 438 g/mol. The molecule has 0 spiro atoms. The van der Waals surface area contributed by atoms with Gasteiger partial charge in [0.2, 0.25) is 5.91 Å². The molecule has 4 heterocycles. The predicted molar refractivity (Wildman–Crippen MR) is 115 cm³/mol. The molecule has 0 saturated carbocycles. The Labute approximate surface area is 184 Å². The van der Waals surface area contributed by atoms with E-state index in [1.165, 1.54) is 0 Å². The first kappa shape index (κ1) is 19.9. The number of amides is 1. The van der Waals surface area contributed by atoms with Crippen molar-refractivity contribution in [1.29, 1.82) is 0 Å². The zero-order chi connectivity index (χ0) is 21.4. The van der Waals surface area contributed by atoms with Gasteiger partial charge in [0.05, 0.1) is 6.54 Å². The van der Waals surface area contributed by atoms with E-state index in [2.05, 4.69) is 15.5 Å².